The van der Waals surface area contributed by atoms with Crippen molar-refractivity contribution in [3.05, 3.63) is 46.6 Å². The van der Waals surface area contributed by atoms with Crippen molar-refractivity contribution in [2.45, 2.75) is 19.1 Å². The summed E-state index contributed by atoms with van der Waals surface area (Å²) in [6, 6.07) is 2.99. The molecule has 0 spiro atoms. The first-order valence-electron chi connectivity index (χ1n) is 6.17. The van der Waals surface area contributed by atoms with E-state index in [0.29, 0.717) is 22.5 Å². The van der Waals surface area contributed by atoms with Gasteiger partial charge in [-0.05, 0) is 30.2 Å². The van der Waals surface area contributed by atoms with Gasteiger partial charge in [0.1, 0.15) is 5.82 Å². The highest BCUT2D eigenvalue weighted by molar-refractivity contribution is 5.47. The van der Waals surface area contributed by atoms with Crippen molar-refractivity contribution in [2.75, 3.05) is 5.73 Å². The molecule has 2 aromatic rings. The zero-order valence-corrected chi connectivity index (χ0v) is 11.6. The molecule has 0 bridgehead atoms. The number of nitrogens with two attached hydrogens (primary N) is 2. The van der Waals surface area contributed by atoms with E-state index in [1.807, 2.05) is 0 Å². The van der Waals surface area contributed by atoms with Gasteiger partial charge in [0.15, 0.2) is 0 Å². The van der Waals surface area contributed by atoms with Gasteiger partial charge in [0, 0.05) is 12.6 Å². The maximum Gasteiger partial charge on any atom is 0.416 e. The summed E-state index contributed by atoms with van der Waals surface area (Å²) in [4.78, 5) is 0. The molecule has 1 atom stereocenters. The summed E-state index contributed by atoms with van der Waals surface area (Å²) in [6.45, 7) is 1.60. The normalized spacial score (nSPS) is 13.4. The average molecular weight is 299 g/mol. The number of aromatic nitrogens is 2. The third-order valence-corrected chi connectivity index (χ3v) is 3.40. The quantitative estimate of drug-likeness (QED) is 0.597. The maximum atomic E-state index is 12.7. The molecule has 5 nitrogen and oxygen atoms in total. The molecule has 0 fully saturated rings. The van der Waals surface area contributed by atoms with Crippen LogP contribution in [0.3, 0.4) is 0 Å². The number of aryl methyl sites for hydroxylation is 2. The molecule has 0 aliphatic rings. The van der Waals surface area contributed by atoms with E-state index in [1.54, 1.807) is 14.0 Å². The molecule has 1 aromatic heterocycles. The van der Waals surface area contributed by atoms with E-state index in [-0.39, 0.29) is 0 Å². The van der Waals surface area contributed by atoms with Gasteiger partial charge < -0.3 is 5.73 Å². The number of nitrogen functional groups attached to an aromatic ring is 1. The second-order valence-electron chi connectivity index (χ2n) is 4.78. The first kappa shape index (κ1) is 15.3. The van der Waals surface area contributed by atoms with Crippen LogP contribution < -0.4 is 17.0 Å². The predicted molar refractivity (Wildman–Crippen MR) is 73.0 cm³/mol. The third kappa shape index (κ3) is 2.86. The Hall–Kier alpha value is -2.06. The minimum atomic E-state index is -4.37. The van der Waals surface area contributed by atoms with Crippen molar-refractivity contribution < 1.29 is 13.2 Å². The first-order chi connectivity index (χ1) is 9.75. The molecule has 2 rings (SSSR count). The second-order valence-corrected chi connectivity index (χ2v) is 4.78. The van der Waals surface area contributed by atoms with Gasteiger partial charge in [-0.2, -0.15) is 18.3 Å². The molecule has 1 unspecified atom stereocenters. The van der Waals surface area contributed by atoms with Crippen LogP contribution in [0.15, 0.2) is 24.4 Å². The van der Waals surface area contributed by atoms with Crippen LogP contribution in [0, 0.1) is 6.92 Å². The summed E-state index contributed by atoms with van der Waals surface area (Å²) >= 11 is 0. The van der Waals surface area contributed by atoms with Crippen LogP contribution in [-0.4, -0.2) is 9.78 Å². The molecule has 114 valence electrons. The SMILES string of the molecule is Cc1cc(C(F)(F)F)ccc1C(NN)c1cnn(C)c1N. The largest absolute Gasteiger partial charge is 0.416 e. The molecule has 21 heavy (non-hydrogen) atoms. The monoisotopic (exact) mass is 299 g/mol. The number of alkyl halides is 3. The van der Waals surface area contributed by atoms with Crippen LogP contribution in [0.2, 0.25) is 0 Å². The molecule has 1 heterocycles. The van der Waals surface area contributed by atoms with Gasteiger partial charge in [-0.3, -0.25) is 10.5 Å². The molecule has 0 saturated carbocycles. The van der Waals surface area contributed by atoms with E-state index < -0.39 is 17.8 Å². The van der Waals surface area contributed by atoms with Gasteiger partial charge in [0.05, 0.1) is 17.8 Å². The van der Waals surface area contributed by atoms with E-state index in [0.717, 1.165) is 12.1 Å². The Kier molecular flexibility index (Phi) is 3.93. The molecular weight excluding hydrogens is 283 g/mol. The van der Waals surface area contributed by atoms with Gasteiger partial charge in [0.2, 0.25) is 0 Å². The van der Waals surface area contributed by atoms with E-state index in [1.165, 1.54) is 16.9 Å². The summed E-state index contributed by atoms with van der Waals surface area (Å²) in [6.07, 6.45) is -2.83. The molecule has 0 saturated heterocycles. The molecule has 0 amide bonds. The lowest BCUT2D eigenvalue weighted by Crippen LogP contribution is -2.30. The summed E-state index contributed by atoms with van der Waals surface area (Å²) in [7, 11) is 1.67. The third-order valence-electron chi connectivity index (χ3n) is 3.40. The van der Waals surface area contributed by atoms with Crippen LogP contribution in [0.1, 0.15) is 28.3 Å². The summed E-state index contributed by atoms with van der Waals surface area (Å²) < 4.78 is 39.6. The highest BCUT2D eigenvalue weighted by Crippen LogP contribution is 2.33. The Labute approximate surface area is 119 Å². The zero-order chi connectivity index (χ0) is 15.8. The topological polar surface area (TPSA) is 81.9 Å². The van der Waals surface area contributed by atoms with Gasteiger partial charge in [-0.25, -0.2) is 5.43 Å². The minimum absolute atomic E-state index is 0.400. The number of nitrogens with zero attached hydrogens (tertiary/aromatic N) is 2. The first-order valence-corrected chi connectivity index (χ1v) is 6.17. The fourth-order valence-corrected chi connectivity index (χ4v) is 2.21. The highest BCUT2D eigenvalue weighted by atomic mass is 19.4. The van der Waals surface area contributed by atoms with Crippen molar-refractivity contribution in [3.63, 3.8) is 0 Å². The Morgan fingerprint density at radius 3 is 2.38 bits per heavy atom. The number of hydrogen-bond acceptors (Lipinski definition) is 4. The smallest absolute Gasteiger partial charge is 0.384 e. The molecule has 0 aliphatic heterocycles. The van der Waals surface area contributed by atoms with E-state index in [9.17, 15) is 13.2 Å². The summed E-state index contributed by atoms with van der Waals surface area (Å²) in [5.41, 5.74) is 9.47. The summed E-state index contributed by atoms with van der Waals surface area (Å²) in [5.74, 6) is 5.94. The van der Waals surface area contributed by atoms with Crippen LogP contribution in [-0.2, 0) is 13.2 Å². The van der Waals surface area contributed by atoms with Crippen molar-refractivity contribution >= 4 is 5.82 Å². The van der Waals surface area contributed by atoms with Crippen LogP contribution >= 0.6 is 0 Å². The molecular formula is C13H16F3N5. The maximum absolute atomic E-state index is 12.7. The lowest BCUT2D eigenvalue weighted by molar-refractivity contribution is -0.137. The number of anilines is 1. The Morgan fingerprint density at radius 2 is 1.95 bits per heavy atom. The summed E-state index contributed by atoms with van der Waals surface area (Å²) in [5, 5.41) is 4.01. The fraction of sp³-hybridized carbons (Fsp3) is 0.308. The van der Waals surface area contributed by atoms with Crippen molar-refractivity contribution in [1.29, 1.82) is 0 Å². The van der Waals surface area contributed by atoms with Gasteiger partial charge in [-0.15, -0.1) is 0 Å². The second kappa shape index (κ2) is 5.38. The Morgan fingerprint density at radius 1 is 1.29 bits per heavy atom. The molecule has 1 aromatic carbocycles. The lowest BCUT2D eigenvalue weighted by atomic mass is 9.95. The van der Waals surface area contributed by atoms with E-state index in [2.05, 4.69) is 10.5 Å². The number of benzene rings is 1. The number of nitrogens with one attached hydrogen (secondary N) is 1. The van der Waals surface area contributed by atoms with E-state index >= 15 is 0 Å². The molecule has 5 N–H and O–H groups in total. The van der Waals surface area contributed by atoms with Crippen LogP contribution in [0.4, 0.5) is 19.0 Å². The standard InChI is InChI=1S/C13H16F3N5/c1-7-5-8(13(14,15)16)3-4-9(7)11(20-18)10-6-19-21(2)12(10)17/h3-6,11,20H,17-18H2,1-2H3. The number of hydrogen-bond donors (Lipinski definition) is 3. The van der Waals surface area contributed by atoms with Gasteiger partial charge in [-0.1, -0.05) is 6.07 Å². The highest BCUT2D eigenvalue weighted by Gasteiger charge is 2.31. The molecule has 8 heteroatoms. The number of rotatable bonds is 3. The van der Waals surface area contributed by atoms with Crippen LogP contribution in [0.5, 0.6) is 0 Å². The Balaban J connectivity index is 2.47. The molecule has 0 radical (unpaired) electrons. The van der Waals surface area contributed by atoms with Crippen LogP contribution in [0.25, 0.3) is 0 Å². The van der Waals surface area contributed by atoms with Crippen molar-refractivity contribution in [2.24, 2.45) is 12.9 Å². The van der Waals surface area contributed by atoms with Crippen molar-refractivity contribution in [1.82, 2.24) is 15.2 Å². The van der Waals surface area contributed by atoms with Crippen molar-refractivity contribution in [3.8, 4) is 0 Å². The fourth-order valence-electron chi connectivity index (χ4n) is 2.21. The molecule has 0 aliphatic carbocycles. The lowest BCUT2D eigenvalue weighted by Gasteiger charge is -2.19. The minimum Gasteiger partial charge on any atom is -0.384 e. The van der Waals surface area contributed by atoms with Gasteiger partial charge >= 0.3 is 6.18 Å². The number of hydrazine groups is 1. The van der Waals surface area contributed by atoms with E-state index in [4.69, 9.17) is 11.6 Å². The average Bonchev–Trinajstić information content (AvgIpc) is 2.72. The Bertz CT molecular complexity index is 648. The number of halogens is 3. The van der Waals surface area contributed by atoms with Gasteiger partial charge in [0.25, 0.3) is 0 Å². The zero-order valence-electron chi connectivity index (χ0n) is 11.6. The predicted octanol–water partition coefficient (Wildman–Crippen LogP) is 1.88.